The van der Waals surface area contributed by atoms with Crippen molar-refractivity contribution in [2.24, 2.45) is 0 Å². The minimum absolute atomic E-state index is 0.0292. The third-order valence-electron chi connectivity index (χ3n) is 3.91. The second kappa shape index (κ2) is 5.74. The summed E-state index contributed by atoms with van der Waals surface area (Å²) in [5, 5.41) is 0. The second-order valence-electron chi connectivity index (χ2n) is 5.79. The Hall–Kier alpha value is -2.06. The zero-order valence-corrected chi connectivity index (χ0v) is 12.8. The molecule has 0 N–H and O–H groups in total. The minimum Gasteiger partial charge on any atom is -0.471 e. The molecule has 0 aromatic heterocycles. The number of fused-ring (bicyclic) bond motifs is 1. The first-order valence-corrected chi connectivity index (χ1v) is 7.32. The molecule has 0 saturated carbocycles. The van der Waals surface area contributed by atoms with Crippen LogP contribution in [0.4, 0.5) is 0 Å². The predicted octanol–water partition coefficient (Wildman–Crippen LogP) is 3.90. The highest BCUT2D eigenvalue weighted by atomic mass is 16.5. The molecule has 1 aliphatic rings. The maximum Gasteiger partial charge on any atom is 0.175 e. The maximum absolute atomic E-state index is 6.28. The Kier molecular flexibility index (Phi) is 3.80. The Morgan fingerprint density at radius 2 is 1.71 bits per heavy atom. The van der Waals surface area contributed by atoms with E-state index in [1.54, 1.807) is 0 Å². The zero-order valence-electron chi connectivity index (χ0n) is 12.8. The predicted molar refractivity (Wildman–Crippen MR) is 87.4 cm³/mol. The van der Waals surface area contributed by atoms with E-state index in [2.05, 4.69) is 62.3 Å². The van der Waals surface area contributed by atoms with Gasteiger partial charge >= 0.3 is 0 Å². The van der Waals surface area contributed by atoms with Crippen LogP contribution in [0.1, 0.15) is 16.7 Å². The Morgan fingerprint density at radius 1 is 1.00 bits per heavy atom. The number of aryl methyl sites for hydroxylation is 1. The standard InChI is InChI=1S/C19H21NO/c1-14-8-4-7-11-18(14)21-19(20(2)3)17-12-15-9-5-6-10-16(15)13-17/h4-12,19H,13H2,1-3H3. The van der Waals surface area contributed by atoms with Crippen LogP contribution >= 0.6 is 0 Å². The van der Waals surface area contributed by atoms with Crippen LogP contribution in [0.2, 0.25) is 0 Å². The molecule has 2 heteroatoms. The van der Waals surface area contributed by atoms with Crippen LogP contribution < -0.4 is 4.74 Å². The highest BCUT2D eigenvalue weighted by Crippen LogP contribution is 2.30. The number of hydrogen-bond donors (Lipinski definition) is 0. The molecule has 0 fully saturated rings. The second-order valence-corrected chi connectivity index (χ2v) is 5.79. The SMILES string of the molecule is Cc1ccccc1OC(C1=Cc2ccccc2C1)N(C)C. The van der Waals surface area contributed by atoms with E-state index >= 15 is 0 Å². The molecule has 0 heterocycles. The molecule has 108 valence electrons. The van der Waals surface area contributed by atoms with E-state index in [0.29, 0.717) is 0 Å². The van der Waals surface area contributed by atoms with E-state index in [0.717, 1.165) is 12.2 Å². The lowest BCUT2D eigenvalue weighted by Gasteiger charge is -2.27. The number of hydrogen-bond acceptors (Lipinski definition) is 2. The largest absolute Gasteiger partial charge is 0.471 e. The van der Waals surface area contributed by atoms with E-state index in [-0.39, 0.29) is 6.23 Å². The van der Waals surface area contributed by atoms with Gasteiger partial charge in [-0.1, -0.05) is 48.5 Å². The average Bonchev–Trinajstić information content (AvgIpc) is 2.89. The molecular weight excluding hydrogens is 258 g/mol. The highest BCUT2D eigenvalue weighted by molar-refractivity contribution is 5.64. The summed E-state index contributed by atoms with van der Waals surface area (Å²) in [5.41, 5.74) is 5.17. The number of nitrogens with zero attached hydrogens (tertiary/aromatic N) is 1. The van der Waals surface area contributed by atoms with Crippen molar-refractivity contribution in [3.8, 4) is 5.75 Å². The van der Waals surface area contributed by atoms with Gasteiger partial charge in [0.2, 0.25) is 0 Å². The lowest BCUT2D eigenvalue weighted by molar-refractivity contribution is 0.0951. The lowest BCUT2D eigenvalue weighted by atomic mass is 10.1. The Bertz CT molecular complexity index is 673. The van der Waals surface area contributed by atoms with Crippen molar-refractivity contribution in [1.82, 2.24) is 4.90 Å². The third kappa shape index (κ3) is 2.86. The Balaban J connectivity index is 1.86. The zero-order chi connectivity index (χ0) is 14.8. The number of benzene rings is 2. The number of ether oxygens (including phenoxy) is 1. The smallest absolute Gasteiger partial charge is 0.175 e. The van der Waals surface area contributed by atoms with Crippen LogP contribution in [-0.2, 0) is 6.42 Å². The van der Waals surface area contributed by atoms with Crippen LogP contribution in [-0.4, -0.2) is 25.2 Å². The molecule has 1 unspecified atom stereocenters. The van der Waals surface area contributed by atoms with Gasteiger partial charge in [-0.3, -0.25) is 4.90 Å². The number of likely N-dealkylation sites (N-methyl/N-ethyl adjacent to an activating group) is 1. The molecule has 2 aromatic rings. The van der Waals surface area contributed by atoms with Gasteiger partial charge < -0.3 is 4.74 Å². The van der Waals surface area contributed by atoms with Crippen molar-refractivity contribution >= 4 is 6.08 Å². The van der Waals surface area contributed by atoms with Gasteiger partial charge in [-0.05, 0) is 55.8 Å². The molecule has 0 spiro atoms. The third-order valence-corrected chi connectivity index (χ3v) is 3.91. The van der Waals surface area contributed by atoms with E-state index < -0.39 is 0 Å². The molecule has 0 amide bonds. The number of para-hydroxylation sites is 1. The van der Waals surface area contributed by atoms with Gasteiger partial charge in [-0.2, -0.15) is 0 Å². The molecule has 1 atom stereocenters. The summed E-state index contributed by atoms with van der Waals surface area (Å²) in [7, 11) is 4.12. The molecule has 21 heavy (non-hydrogen) atoms. The van der Waals surface area contributed by atoms with Gasteiger partial charge in [0, 0.05) is 0 Å². The molecule has 0 bridgehead atoms. The van der Waals surface area contributed by atoms with Crippen LogP contribution in [0.25, 0.3) is 6.08 Å². The van der Waals surface area contributed by atoms with Gasteiger partial charge in [0.05, 0.1) is 0 Å². The average molecular weight is 279 g/mol. The van der Waals surface area contributed by atoms with Crippen molar-refractivity contribution in [3.05, 3.63) is 70.8 Å². The first kappa shape index (κ1) is 13.9. The number of rotatable bonds is 4. The van der Waals surface area contributed by atoms with Crippen molar-refractivity contribution in [1.29, 1.82) is 0 Å². The monoisotopic (exact) mass is 279 g/mol. The fourth-order valence-corrected chi connectivity index (χ4v) is 2.79. The molecule has 3 rings (SSSR count). The summed E-state index contributed by atoms with van der Waals surface area (Å²) in [6.07, 6.45) is 3.20. The van der Waals surface area contributed by atoms with E-state index in [9.17, 15) is 0 Å². The molecular formula is C19H21NO. The summed E-state index contributed by atoms with van der Waals surface area (Å²) in [4.78, 5) is 2.13. The van der Waals surface area contributed by atoms with Crippen LogP contribution in [0.15, 0.2) is 54.1 Å². The maximum atomic E-state index is 6.28. The summed E-state index contributed by atoms with van der Waals surface area (Å²) < 4.78 is 6.28. The molecule has 2 nitrogen and oxygen atoms in total. The molecule has 1 aliphatic carbocycles. The van der Waals surface area contributed by atoms with Crippen LogP contribution in [0.3, 0.4) is 0 Å². The summed E-state index contributed by atoms with van der Waals surface area (Å²) in [6.45, 7) is 2.08. The van der Waals surface area contributed by atoms with Gasteiger partial charge in [0.1, 0.15) is 5.75 Å². The topological polar surface area (TPSA) is 12.5 Å². The first-order chi connectivity index (χ1) is 10.1. The Labute approximate surface area is 126 Å². The van der Waals surface area contributed by atoms with E-state index in [4.69, 9.17) is 4.74 Å². The highest BCUT2D eigenvalue weighted by Gasteiger charge is 2.24. The summed E-state index contributed by atoms with van der Waals surface area (Å²) in [6, 6.07) is 16.7. The van der Waals surface area contributed by atoms with E-state index in [1.807, 2.05) is 18.2 Å². The van der Waals surface area contributed by atoms with Gasteiger partial charge in [-0.15, -0.1) is 0 Å². The molecule has 0 aliphatic heterocycles. The minimum atomic E-state index is -0.0292. The molecule has 2 aromatic carbocycles. The quantitative estimate of drug-likeness (QED) is 0.787. The van der Waals surface area contributed by atoms with Crippen LogP contribution in [0, 0.1) is 6.92 Å². The first-order valence-electron chi connectivity index (χ1n) is 7.32. The molecule has 0 radical (unpaired) electrons. The van der Waals surface area contributed by atoms with Gasteiger partial charge in [0.15, 0.2) is 6.23 Å². The Morgan fingerprint density at radius 3 is 2.43 bits per heavy atom. The van der Waals surface area contributed by atoms with Gasteiger partial charge in [-0.25, -0.2) is 0 Å². The van der Waals surface area contributed by atoms with Crippen molar-refractivity contribution < 1.29 is 4.74 Å². The van der Waals surface area contributed by atoms with Crippen molar-refractivity contribution in [2.75, 3.05) is 14.1 Å². The van der Waals surface area contributed by atoms with Crippen molar-refractivity contribution in [2.45, 2.75) is 19.6 Å². The summed E-state index contributed by atoms with van der Waals surface area (Å²) in [5.74, 6) is 0.952. The van der Waals surface area contributed by atoms with Gasteiger partial charge in [0.25, 0.3) is 0 Å². The summed E-state index contributed by atoms with van der Waals surface area (Å²) >= 11 is 0. The fraction of sp³-hybridized carbons (Fsp3) is 0.263. The van der Waals surface area contributed by atoms with Crippen LogP contribution in [0.5, 0.6) is 5.75 Å². The fourth-order valence-electron chi connectivity index (χ4n) is 2.79. The lowest BCUT2D eigenvalue weighted by Crippen LogP contribution is -2.35. The molecule has 0 saturated heterocycles. The normalized spacial score (nSPS) is 14.8. The van der Waals surface area contributed by atoms with E-state index in [1.165, 1.54) is 22.3 Å². The van der Waals surface area contributed by atoms with Crippen molar-refractivity contribution in [3.63, 3.8) is 0 Å².